The van der Waals surface area contributed by atoms with E-state index in [-0.39, 0.29) is 18.7 Å². The zero-order chi connectivity index (χ0) is 14.7. The van der Waals surface area contributed by atoms with Crippen LogP contribution >= 0.6 is 0 Å². The standard InChI is InChI=1S/C12H19N3O5/c13-10(16)8-2-1-5-15(8)12(19)14-6-7-3-4-9(20-7)11(17)18/h7-9H,1-6H2,(H2,13,16)(H,14,19)(H,17,18). The maximum Gasteiger partial charge on any atom is 0.332 e. The van der Waals surface area contributed by atoms with E-state index in [4.69, 9.17) is 15.6 Å². The highest BCUT2D eigenvalue weighted by molar-refractivity contribution is 5.86. The molecule has 3 atom stereocenters. The smallest absolute Gasteiger partial charge is 0.332 e. The van der Waals surface area contributed by atoms with E-state index < -0.39 is 24.0 Å². The van der Waals surface area contributed by atoms with Crippen LogP contribution in [0.15, 0.2) is 0 Å². The predicted molar refractivity (Wildman–Crippen MR) is 67.9 cm³/mol. The molecule has 4 N–H and O–H groups in total. The average molecular weight is 285 g/mol. The van der Waals surface area contributed by atoms with Gasteiger partial charge in [-0.1, -0.05) is 0 Å². The summed E-state index contributed by atoms with van der Waals surface area (Å²) in [5.41, 5.74) is 5.25. The summed E-state index contributed by atoms with van der Waals surface area (Å²) in [7, 11) is 0. The van der Waals surface area contributed by atoms with E-state index in [1.54, 1.807) is 0 Å². The van der Waals surface area contributed by atoms with E-state index in [1.165, 1.54) is 4.90 Å². The number of nitrogens with two attached hydrogens (primary N) is 1. The molecule has 3 unspecified atom stereocenters. The third-order valence-electron chi connectivity index (χ3n) is 3.71. The summed E-state index contributed by atoms with van der Waals surface area (Å²) in [5.74, 6) is -1.48. The van der Waals surface area contributed by atoms with Gasteiger partial charge in [0.1, 0.15) is 6.04 Å². The molecule has 0 aliphatic carbocycles. The molecule has 2 rings (SSSR count). The molecular formula is C12H19N3O5. The molecule has 0 radical (unpaired) electrons. The molecule has 2 aliphatic rings. The largest absolute Gasteiger partial charge is 0.479 e. The number of urea groups is 1. The van der Waals surface area contributed by atoms with Crippen molar-refractivity contribution in [2.45, 2.75) is 43.9 Å². The Hall–Kier alpha value is -1.83. The van der Waals surface area contributed by atoms with Crippen molar-refractivity contribution < 1.29 is 24.2 Å². The quantitative estimate of drug-likeness (QED) is 0.629. The molecule has 8 nitrogen and oxygen atoms in total. The normalized spacial score (nSPS) is 29.4. The molecule has 2 saturated heterocycles. The van der Waals surface area contributed by atoms with Crippen LogP contribution in [0.3, 0.4) is 0 Å². The van der Waals surface area contributed by atoms with Crippen LogP contribution in [-0.2, 0) is 14.3 Å². The zero-order valence-corrected chi connectivity index (χ0v) is 11.1. The molecule has 2 fully saturated rings. The maximum atomic E-state index is 12.0. The highest BCUT2D eigenvalue weighted by Gasteiger charge is 2.34. The second-order valence-corrected chi connectivity index (χ2v) is 5.10. The Bertz CT molecular complexity index is 414. The van der Waals surface area contributed by atoms with Gasteiger partial charge in [-0.25, -0.2) is 9.59 Å². The summed E-state index contributed by atoms with van der Waals surface area (Å²) in [6, 6.07) is -0.903. The number of carbonyl (C=O) groups is 3. The van der Waals surface area contributed by atoms with Crippen molar-refractivity contribution in [3.05, 3.63) is 0 Å². The molecule has 112 valence electrons. The average Bonchev–Trinajstić information content (AvgIpc) is 3.04. The van der Waals surface area contributed by atoms with Crippen LogP contribution in [0.1, 0.15) is 25.7 Å². The van der Waals surface area contributed by atoms with E-state index in [1.807, 2.05) is 0 Å². The van der Waals surface area contributed by atoms with Crippen LogP contribution in [0, 0.1) is 0 Å². The van der Waals surface area contributed by atoms with Crippen molar-refractivity contribution in [3.8, 4) is 0 Å². The lowest BCUT2D eigenvalue weighted by atomic mass is 10.2. The van der Waals surface area contributed by atoms with Crippen LogP contribution < -0.4 is 11.1 Å². The van der Waals surface area contributed by atoms with Crippen molar-refractivity contribution in [2.24, 2.45) is 5.73 Å². The number of hydrogen-bond donors (Lipinski definition) is 3. The number of carboxylic acids is 1. The molecule has 0 aromatic heterocycles. The third kappa shape index (κ3) is 3.19. The fourth-order valence-corrected chi connectivity index (χ4v) is 2.65. The van der Waals surface area contributed by atoms with Gasteiger partial charge in [0.05, 0.1) is 6.10 Å². The van der Waals surface area contributed by atoms with Crippen molar-refractivity contribution in [2.75, 3.05) is 13.1 Å². The third-order valence-corrected chi connectivity index (χ3v) is 3.71. The lowest BCUT2D eigenvalue weighted by molar-refractivity contribution is -0.149. The van der Waals surface area contributed by atoms with Gasteiger partial charge in [-0.2, -0.15) is 0 Å². The minimum Gasteiger partial charge on any atom is -0.479 e. The highest BCUT2D eigenvalue weighted by Crippen LogP contribution is 2.20. The summed E-state index contributed by atoms with van der Waals surface area (Å²) in [6.45, 7) is 0.743. The van der Waals surface area contributed by atoms with Crippen molar-refractivity contribution in [1.82, 2.24) is 10.2 Å². The fourth-order valence-electron chi connectivity index (χ4n) is 2.65. The van der Waals surface area contributed by atoms with E-state index in [0.29, 0.717) is 25.8 Å². The lowest BCUT2D eigenvalue weighted by Gasteiger charge is -2.23. The first kappa shape index (κ1) is 14.6. The van der Waals surface area contributed by atoms with E-state index >= 15 is 0 Å². The van der Waals surface area contributed by atoms with Gasteiger partial charge in [0, 0.05) is 13.1 Å². The second-order valence-electron chi connectivity index (χ2n) is 5.10. The Morgan fingerprint density at radius 3 is 2.65 bits per heavy atom. The summed E-state index contributed by atoms with van der Waals surface area (Å²) in [6.07, 6.45) is 1.29. The van der Waals surface area contributed by atoms with Crippen LogP contribution in [-0.4, -0.2) is 59.3 Å². The number of ether oxygens (including phenoxy) is 1. The first-order valence-electron chi connectivity index (χ1n) is 6.71. The summed E-state index contributed by atoms with van der Waals surface area (Å²) in [4.78, 5) is 35.3. The molecule has 2 heterocycles. The first-order valence-corrected chi connectivity index (χ1v) is 6.71. The lowest BCUT2D eigenvalue weighted by Crippen LogP contribution is -2.49. The molecule has 0 saturated carbocycles. The summed E-state index contributed by atoms with van der Waals surface area (Å²) >= 11 is 0. The Morgan fingerprint density at radius 1 is 1.30 bits per heavy atom. The molecule has 0 aromatic carbocycles. The van der Waals surface area contributed by atoms with Gasteiger partial charge < -0.3 is 25.8 Å². The van der Waals surface area contributed by atoms with Crippen LogP contribution in [0.5, 0.6) is 0 Å². The molecule has 20 heavy (non-hydrogen) atoms. The Morgan fingerprint density at radius 2 is 2.05 bits per heavy atom. The van der Waals surface area contributed by atoms with E-state index in [0.717, 1.165) is 6.42 Å². The minimum atomic E-state index is -0.979. The van der Waals surface area contributed by atoms with Gasteiger partial charge in [0.2, 0.25) is 5.91 Å². The second kappa shape index (κ2) is 6.08. The molecular weight excluding hydrogens is 266 g/mol. The van der Waals surface area contributed by atoms with Crippen molar-refractivity contribution >= 4 is 17.9 Å². The van der Waals surface area contributed by atoms with E-state index in [2.05, 4.69) is 5.32 Å². The molecule has 0 aromatic rings. The van der Waals surface area contributed by atoms with Crippen LogP contribution in [0.4, 0.5) is 4.79 Å². The van der Waals surface area contributed by atoms with Gasteiger partial charge in [0.15, 0.2) is 6.10 Å². The topological polar surface area (TPSA) is 122 Å². The number of amides is 3. The Kier molecular flexibility index (Phi) is 4.43. The summed E-state index contributed by atoms with van der Waals surface area (Å²) < 4.78 is 5.29. The zero-order valence-electron chi connectivity index (χ0n) is 11.1. The maximum absolute atomic E-state index is 12.0. The number of carboxylic acid groups (broad SMARTS) is 1. The monoisotopic (exact) mass is 285 g/mol. The number of carbonyl (C=O) groups excluding carboxylic acids is 2. The van der Waals surface area contributed by atoms with Gasteiger partial charge in [-0.3, -0.25) is 4.79 Å². The number of rotatable bonds is 4. The number of hydrogen-bond acceptors (Lipinski definition) is 4. The number of likely N-dealkylation sites (tertiary alicyclic amines) is 1. The number of nitrogens with one attached hydrogen (secondary N) is 1. The SMILES string of the molecule is NC(=O)C1CCCN1C(=O)NCC1CCC(C(=O)O)O1. The molecule has 0 bridgehead atoms. The van der Waals surface area contributed by atoms with Crippen LogP contribution in [0.2, 0.25) is 0 Å². The van der Waals surface area contributed by atoms with Crippen molar-refractivity contribution in [3.63, 3.8) is 0 Å². The number of nitrogens with zero attached hydrogens (tertiary/aromatic N) is 1. The molecule has 3 amide bonds. The van der Waals surface area contributed by atoms with E-state index in [9.17, 15) is 14.4 Å². The molecule has 0 spiro atoms. The first-order chi connectivity index (χ1) is 9.49. The number of primary amides is 1. The fraction of sp³-hybridized carbons (Fsp3) is 0.750. The Labute approximate surface area is 116 Å². The summed E-state index contributed by atoms with van der Waals surface area (Å²) in [5, 5.41) is 11.5. The number of aliphatic carboxylic acids is 1. The van der Waals surface area contributed by atoms with Crippen molar-refractivity contribution in [1.29, 1.82) is 0 Å². The predicted octanol–water partition coefficient (Wildman–Crippen LogP) is -0.722. The van der Waals surface area contributed by atoms with Gasteiger partial charge >= 0.3 is 12.0 Å². The van der Waals surface area contributed by atoms with Gasteiger partial charge in [0.25, 0.3) is 0 Å². The molecule has 2 aliphatic heterocycles. The van der Waals surface area contributed by atoms with Gasteiger partial charge in [-0.15, -0.1) is 0 Å². The molecule has 8 heteroatoms. The Balaban J connectivity index is 1.78. The minimum absolute atomic E-state index is 0.241. The highest BCUT2D eigenvalue weighted by atomic mass is 16.5. The van der Waals surface area contributed by atoms with Crippen LogP contribution in [0.25, 0.3) is 0 Å². The van der Waals surface area contributed by atoms with Gasteiger partial charge in [-0.05, 0) is 25.7 Å².